The van der Waals surface area contributed by atoms with Crippen LogP contribution in [0.15, 0.2) is 29.2 Å². The van der Waals surface area contributed by atoms with Crippen LogP contribution >= 0.6 is 0 Å². The summed E-state index contributed by atoms with van der Waals surface area (Å²) in [7, 11) is -1.68. The first-order valence-electron chi connectivity index (χ1n) is 7.33. The lowest BCUT2D eigenvalue weighted by Crippen LogP contribution is -2.36. The maximum Gasteiger partial charge on any atom is 0.243 e. The summed E-state index contributed by atoms with van der Waals surface area (Å²) in [6.07, 6.45) is 6.62. The third kappa shape index (κ3) is 3.40. The number of nitrogens with zero attached hydrogens (tertiary/aromatic N) is 1. The summed E-state index contributed by atoms with van der Waals surface area (Å²) in [5.74, 6) is 0. The highest BCUT2D eigenvalue weighted by Gasteiger charge is 2.28. The molecule has 1 fully saturated rings. The van der Waals surface area contributed by atoms with Crippen molar-refractivity contribution < 1.29 is 8.42 Å². The van der Waals surface area contributed by atoms with E-state index in [0.717, 1.165) is 31.2 Å². The summed E-state index contributed by atoms with van der Waals surface area (Å²) in [6.45, 7) is 0.429. The van der Waals surface area contributed by atoms with E-state index in [9.17, 15) is 8.42 Å². The van der Waals surface area contributed by atoms with Gasteiger partial charge in [0.05, 0.1) is 4.90 Å². The molecule has 0 unspecified atom stereocenters. The monoisotopic (exact) mass is 296 g/mol. The molecule has 2 rings (SSSR count). The van der Waals surface area contributed by atoms with Crippen LogP contribution in [0.5, 0.6) is 0 Å². The molecule has 0 bridgehead atoms. The number of sulfonamides is 1. The van der Waals surface area contributed by atoms with Gasteiger partial charge in [-0.3, -0.25) is 0 Å². The second-order valence-corrected chi connectivity index (χ2v) is 7.51. The highest BCUT2D eigenvalue weighted by molar-refractivity contribution is 7.89. The third-order valence-electron chi connectivity index (χ3n) is 4.17. The molecule has 1 saturated carbocycles. The topological polar surface area (TPSA) is 63.4 Å². The minimum Gasteiger partial charge on any atom is -0.326 e. The average molecular weight is 296 g/mol. The minimum atomic E-state index is -3.39. The molecule has 1 aromatic rings. The molecule has 1 aromatic carbocycles. The molecular weight excluding hydrogens is 272 g/mol. The SMILES string of the molecule is CN(C1CCCCCC1)S(=O)(=O)c1ccc(CN)cc1. The molecule has 0 aliphatic heterocycles. The Morgan fingerprint density at radius 2 is 1.65 bits per heavy atom. The first-order valence-corrected chi connectivity index (χ1v) is 8.77. The van der Waals surface area contributed by atoms with Gasteiger partial charge in [-0.2, -0.15) is 4.31 Å². The van der Waals surface area contributed by atoms with Gasteiger partial charge < -0.3 is 5.73 Å². The molecule has 0 spiro atoms. The van der Waals surface area contributed by atoms with Gasteiger partial charge in [-0.05, 0) is 30.5 Å². The lowest BCUT2D eigenvalue weighted by Gasteiger charge is -2.26. The van der Waals surface area contributed by atoms with Crippen molar-refractivity contribution in [1.82, 2.24) is 4.31 Å². The number of rotatable bonds is 4. The Hall–Kier alpha value is -0.910. The number of hydrogen-bond donors (Lipinski definition) is 1. The molecule has 1 aliphatic rings. The van der Waals surface area contributed by atoms with Gasteiger partial charge >= 0.3 is 0 Å². The second kappa shape index (κ2) is 6.70. The molecule has 1 aliphatic carbocycles. The van der Waals surface area contributed by atoms with Crippen LogP contribution in [0, 0.1) is 0 Å². The average Bonchev–Trinajstić information content (AvgIpc) is 2.75. The lowest BCUT2D eigenvalue weighted by molar-refractivity contribution is 0.335. The van der Waals surface area contributed by atoms with E-state index in [-0.39, 0.29) is 6.04 Å². The van der Waals surface area contributed by atoms with E-state index >= 15 is 0 Å². The molecule has 4 nitrogen and oxygen atoms in total. The summed E-state index contributed by atoms with van der Waals surface area (Å²) >= 11 is 0. The van der Waals surface area contributed by atoms with Gasteiger partial charge in [0.15, 0.2) is 0 Å². The normalized spacial score (nSPS) is 18.1. The summed E-state index contributed by atoms with van der Waals surface area (Å²) in [5, 5.41) is 0. The van der Waals surface area contributed by atoms with Crippen molar-refractivity contribution in [2.75, 3.05) is 7.05 Å². The largest absolute Gasteiger partial charge is 0.326 e. The second-order valence-electron chi connectivity index (χ2n) is 5.51. The van der Waals surface area contributed by atoms with E-state index < -0.39 is 10.0 Å². The predicted molar refractivity (Wildman–Crippen MR) is 80.8 cm³/mol. The van der Waals surface area contributed by atoms with Crippen molar-refractivity contribution in [3.8, 4) is 0 Å². The van der Waals surface area contributed by atoms with Crippen LogP contribution in [-0.4, -0.2) is 25.8 Å². The van der Waals surface area contributed by atoms with Crippen LogP contribution in [-0.2, 0) is 16.6 Å². The maximum absolute atomic E-state index is 12.6. The number of hydrogen-bond acceptors (Lipinski definition) is 3. The van der Waals surface area contributed by atoms with Crippen molar-refractivity contribution in [3.63, 3.8) is 0 Å². The van der Waals surface area contributed by atoms with E-state index in [1.807, 2.05) is 0 Å². The van der Waals surface area contributed by atoms with Crippen LogP contribution < -0.4 is 5.73 Å². The molecule has 20 heavy (non-hydrogen) atoms. The van der Waals surface area contributed by atoms with Gasteiger partial charge in [0.25, 0.3) is 0 Å². The van der Waals surface area contributed by atoms with Gasteiger partial charge in [-0.25, -0.2) is 8.42 Å². The highest BCUT2D eigenvalue weighted by atomic mass is 32.2. The third-order valence-corrected chi connectivity index (χ3v) is 6.10. The fourth-order valence-corrected chi connectivity index (χ4v) is 4.20. The summed E-state index contributed by atoms with van der Waals surface area (Å²) in [6, 6.07) is 7.02. The van der Waals surface area contributed by atoms with Crippen LogP contribution in [0.4, 0.5) is 0 Å². The molecule has 0 saturated heterocycles. The Balaban J connectivity index is 2.18. The zero-order valence-corrected chi connectivity index (χ0v) is 12.9. The molecule has 2 N–H and O–H groups in total. The molecule has 5 heteroatoms. The molecule has 0 atom stereocenters. The Morgan fingerprint density at radius 3 is 2.15 bits per heavy atom. The number of nitrogens with two attached hydrogens (primary N) is 1. The Labute approximate surface area is 122 Å². The fourth-order valence-electron chi connectivity index (χ4n) is 2.78. The molecule has 112 valence electrons. The smallest absolute Gasteiger partial charge is 0.243 e. The van der Waals surface area contributed by atoms with E-state index in [0.29, 0.717) is 11.4 Å². The van der Waals surface area contributed by atoms with E-state index in [2.05, 4.69) is 0 Å². The lowest BCUT2D eigenvalue weighted by atomic mass is 10.1. The van der Waals surface area contributed by atoms with E-state index in [4.69, 9.17) is 5.73 Å². The van der Waals surface area contributed by atoms with Crippen molar-refractivity contribution in [1.29, 1.82) is 0 Å². The van der Waals surface area contributed by atoms with Crippen molar-refractivity contribution in [2.24, 2.45) is 5.73 Å². The molecule has 0 heterocycles. The quantitative estimate of drug-likeness (QED) is 0.868. The van der Waals surface area contributed by atoms with Crippen molar-refractivity contribution in [2.45, 2.75) is 56.0 Å². The van der Waals surface area contributed by atoms with Crippen LogP contribution in [0.3, 0.4) is 0 Å². The van der Waals surface area contributed by atoms with Crippen LogP contribution in [0.25, 0.3) is 0 Å². The Morgan fingerprint density at radius 1 is 1.10 bits per heavy atom. The van der Waals surface area contributed by atoms with Crippen LogP contribution in [0.2, 0.25) is 0 Å². The highest BCUT2D eigenvalue weighted by Crippen LogP contribution is 2.25. The summed E-state index contributed by atoms with van der Waals surface area (Å²) in [4.78, 5) is 0.362. The molecule has 0 aromatic heterocycles. The number of benzene rings is 1. The van der Waals surface area contributed by atoms with Gasteiger partial charge in [-0.1, -0.05) is 37.8 Å². The molecular formula is C15H24N2O2S. The summed E-state index contributed by atoms with van der Waals surface area (Å²) < 4.78 is 26.8. The zero-order valence-electron chi connectivity index (χ0n) is 12.1. The Bertz CT molecular complexity index is 517. The van der Waals surface area contributed by atoms with Crippen LogP contribution in [0.1, 0.15) is 44.1 Å². The van der Waals surface area contributed by atoms with E-state index in [1.165, 1.54) is 12.8 Å². The standard InChI is InChI=1S/C15H24N2O2S/c1-17(14-6-4-2-3-5-7-14)20(18,19)15-10-8-13(12-16)9-11-15/h8-11,14H,2-7,12,16H2,1H3. The van der Waals surface area contributed by atoms with Crippen molar-refractivity contribution in [3.05, 3.63) is 29.8 Å². The predicted octanol–water partition coefficient (Wildman–Crippen LogP) is 2.49. The first-order chi connectivity index (χ1) is 9.55. The molecule has 0 radical (unpaired) electrons. The van der Waals surface area contributed by atoms with Gasteiger partial charge in [0.2, 0.25) is 10.0 Å². The first kappa shape index (κ1) is 15.5. The van der Waals surface area contributed by atoms with Gasteiger partial charge in [0, 0.05) is 19.6 Å². The maximum atomic E-state index is 12.6. The van der Waals surface area contributed by atoms with Crippen molar-refractivity contribution >= 4 is 10.0 Å². The van der Waals surface area contributed by atoms with Gasteiger partial charge in [-0.15, -0.1) is 0 Å². The van der Waals surface area contributed by atoms with E-state index in [1.54, 1.807) is 35.6 Å². The molecule has 0 amide bonds. The zero-order chi connectivity index (χ0) is 14.6. The minimum absolute atomic E-state index is 0.136. The summed E-state index contributed by atoms with van der Waals surface area (Å²) in [5.41, 5.74) is 6.49. The van der Waals surface area contributed by atoms with Gasteiger partial charge in [0.1, 0.15) is 0 Å². The Kier molecular flexibility index (Phi) is 5.18. The fraction of sp³-hybridized carbons (Fsp3) is 0.600.